The minimum atomic E-state index is -0.126. The maximum atomic E-state index is 10.9. The van der Waals surface area contributed by atoms with Crippen molar-refractivity contribution in [3.63, 3.8) is 0 Å². The van der Waals surface area contributed by atoms with Crippen molar-refractivity contribution >= 4 is 23.7 Å². The fourth-order valence-electron chi connectivity index (χ4n) is 0.714. The number of aliphatic imine (C=N–C) groups is 1. The van der Waals surface area contributed by atoms with E-state index in [4.69, 9.17) is 11.6 Å². The summed E-state index contributed by atoms with van der Waals surface area (Å²) in [6, 6.07) is 0. The summed E-state index contributed by atoms with van der Waals surface area (Å²) in [5, 5.41) is 0.285. The van der Waals surface area contributed by atoms with Crippen molar-refractivity contribution in [3.05, 3.63) is 23.6 Å². The van der Waals surface area contributed by atoms with E-state index < -0.39 is 0 Å². The zero-order chi connectivity index (χ0) is 8.43. The molecule has 1 heterocycles. The summed E-state index contributed by atoms with van der Waals surface area (Å²) >= 11 is 5.55. The van der Waals surface area contributed by atoms with E-state index in [1.165, 1.54) is 24.2 Å². The standard InChI is InChI=1S/C7H7ClN2O/c1-5-3-9-7(8)4-10(5)6(2)11/h3-4H,1H2,2H3. The van der Waals surface area contributed by atoms with Gasteiger partial charge in [-0.2, -0.15) is 0 Å². The molecule has 11 heavy (non-hydrogen) atoms. The smallest absolute Gasteiger partial charge is 0.228 e. The summed E-state index contributed by atoms with van der Waals surface area (Å²) in [5.41, 5.74) is 0.530. The molecule has 0 fully saturated rings. The molecule has 0 saturated heterocycles. The molecule has 1 aliphatic heterocycles. The summed E-state index contributed by atoms with van der Waals surface area (Å²) < 4.78 is 0. The first kappa shape index (κ1) is 8.01. The van der Waals surface area contributed by atoms with E-state index in [9.17, 15) is 4.79 Å². The van der Waals surface area contributed by atoms with Crippen molar-refractivity contribution in [2.75, 3.05) is 0 Å². The van der Waals surface area contributed by atoms with Crippen LogP contribution in [0.5, 0.6) is 0 Å². The molecule has 1 rings (SSSR count). The highest BCUT2D eigenvalue weighted by atomic mass is 35.5. The van der Waals surface area contributed by atoms with Crippen molar-refractivity contribution in [2.24, 2.45) is 4.99 Å². The first-order valence-corrected chi connectivity index (χ1v) is 3.39. The number of allylic oxidation sites excluding steroid dienone is 1. The lowest BCUT2D eigenvalue weighted by atomic mass is 10.4. The molecule has 0 aromatic carbocycles. The van der Waals surface area contributed by atoms with Crippen LogP contribution in [0.1, 0.15) is 6.92 Å². The first-order valence-electron chi connectivity index (χ1n) is 3.01. The third-order valence-corrected chi connectivity index (χ3v) is 1.42. The van der Waals surface area contributed by atoms with Crippen molar-refractivity contribution in [2.45, 2.75) is 6.92 Å². The van der Waals surface area contributed by atoms with Crippen LogP contribution in [0.3, 0.4) is 0 Å². The molecule has 0 atom stereocenters. The Hall–Kier alpha value is -1.09. The molecule has 1 amide bonds. The summed E-state index contributed by atoms with van der Waals surface area (Å²) in [4.78, 5) is 15.9. The summed E-state index contributed by atoms with van der Waals surface area (Å²) in [7, 11) is 0. The largest absolute Gasteiger partial charge is 0.284 e. The van der Waals surface area contributed by atoms with Crippen LogP contribution >= 0.6 is 11.6 Å². The van der Waals surface area contributed by atoms with Crippen LogP contribution in [-0.2, 0) is 4.79 Å². The average molecular weight is 171 g/mol. The van der Waals surface area contributed by atoms with Crippen LogP contribution in [0.15, 0.2) is 28.6 Å². The lowest BCUT2D eigenvalue weighted by Crippen LogP contribution is -2.24. The van der Waals surface area contributed by atoms with Crippen LogP contribution in [-0.4, -0.2) is 17.0 Å². The molecule has 4 heteroatoms. The normalized spacial score (nSPS) is 16.7. The SMILES string of the molecule is C=C1C=NC(Cl)=CN1C(C)=O. The lowest BCUT2D eigenvalue weighted by Gasteiger charge is -2.18. The molecular formula is C7H7ClN2O. The molecule has 0 N–H and O–H groups in total. The van der Waals surface area contributed by atoms with Gasteiger partial charge in [-0.05, 0) is 0 Å². The van der Waals surface area contributed by atoms with E-state index in [-0.39, 0.29) is 11.1 Å². The number of carbonyl (C=O) groups excluding carboxylic acids is 1. The Kier molecular flexibility index (Phi) is 2.10. The Morgan fingerprint density at radius 3 is 2.91 bits per heavy atom. The fraction of sp³-hybridized carbons (Fsp3) is 0.143. The summed E-state index contributed by atoms with van der Waals surface area (Å²) in [6.45, 7) is 5.04. The highest BCUT2D eigenvalue weighted by molar-refractivity contribution is 6.30. The van der Waals surface area contributed by atoms with Gasteiger partial charge < -0.3 is 0 Å². The molecule has 0 aromatic heterocycles. The van der Waals surface area contributed by atoms with Crippen molar-refractivity contribution in [1.82, 2.24) is 4.90 Å². The van der Waals surface area contributed by atoms with Gasteiger partial charge >= 0.3 is 0 Å². The minimum absolute atomic E-state index is 0.126. The highest BCUT2D eigenvalue weighted by Crippen LogP contribution is 2.14. The van der Waals surface area contributed by atoms with E-state index in [1.54, 1.807) is 0 Å². The topological polar surface area (TPSA) is 32.7 Å². The molecule has 0 radical (unpaired) electrons. The highest BCUT2D eigenvalue weighted by Gasteiger charge is 2.12. The number of hydrogen-bond donors (Lipinski definition) is 0. The fourth-order valence-corrected chi connectivity index (χ4v) is 0.861. The van der Waals surface area contributed by atoms with Gasteiger partial charge in [0.2, 0.25) is 5.91 Å². The Morgan fingerprint density at radius 1 is 1.82 bits per heavy atom. The van der Waals surface area contributed by atoms with Gasteiger partial charge in [0.1, 0.15) is 5.16 Å². The third-order valence-electron chi connectivity index (χ3n) is 1.22. The number of halogens is 1. The van der Waals surface area contributed by atoms with Gasteiger partial charge in [0.25, 0.3) is 0 Å². The number of rotatable bonds is 0. The third kappa shape index (κ3) is 1.68. The average Bonchev–Trinajstić information content (AvgIpc) is 1.94. The van der Waals surface area contributed by atoms with Crippen molar-refractivity contribution in [1.29, 1.82) is 0 Å². The molecule has 58 valence electrons. The molecule has 3 nitrogen and oxygen atoms in total. The van der Waals surface area contributed by atoms with Crippen LogP contribution < -0.4 is 0 Å². The number of nitrogens with zero attached hydrogens (tertiary/aromatic N) is 2. The van der Waals surface area contributed by atoms with E-state index in [1.807, 2.05) is 0 Å². The molecule has 1 aliphatic rings. The molecule has 0 aliphatic carbocycles. The number of amides is 1. The molecule has 0 spiro atoms. The second kappa shape index (κ2) is 2.88. The molecule has 0 bridgehead atoms. The zero-order valence-electron chi connectivity index (χ0n) is 6.04. The Bertz CT molecular complexity index is 268. The summed E-state index contributed by atoms with van der Waals surface area (Å²) in [5.74, 6) is -0.126. The first-order chi connectivity index (χ1) is 5.11. The van der Waals surface area contributed by atoms with E-state index >= 15 is 0 Å². The van der Waals surface area contributed by atoms with Gasteiger partial charge in [-0.15, -0.1) is 0 Å². The quantitative estimate of drug-likeness (QED) is 0.507. The van der Waals surface area contributed by atoms with Gasteiger partial charge in [-0.1, -0.05) is 18.2 Å². The van der Waals surface area contributed by atoms with Crippen molar-refractivity contribution in [3.8, 4) is 0 Å². The van der Waals surface area contributed by atoms with E-state index in [0.29, 0.717) is 5.70 Å². The predicted octanol–water partition coefficient (Wildman–Crippen LogP) is 1.47. The van der Waals surface area contributed by atoms with Crippen molar-refractivity contribution < 1.29 is 4.79 Å². The molecule has 0 saturated carbocycles. The number of hydrogen-bond acceptors (Lipinski definition) is 2. The predicted molar refractivity (Wildman–Crippen MR) is 44.1 cm³/mol. The molecule has 0 aromatic rings. The maximum absolute atomic E-state index is 10.9. The molecule has 0 unspecified atom stereocenters. The van der Waals surface area contributed by atoms with Crippen LogP contribution in [0.4, 0.5) is 0 Å². The Morgan fingerprint density at radius 2 is 2.45 bits per heavy atom. The van der Waals surface area contributed by atoms with E-state index in [0.717, 1.165) is 0 Å². The summed E-state index contributed by atoms with van der Waals surface area (Å²) in [6.07, 6.45) is 2.88. The van der Waals surface area contributed by atoms with Gasteiger partial charge in [0, 0.05) is 13.1 Å². The van der Waals surface area contributed by atoms with Gasteiger partial charge in [-0.3, -0.25) is 9.69 Å². The van der Waals surface area contributed by atoms with Crippen LogP contribution in [0.2, 0.25) is 0 Å². The zero-order valence-corrected chi connectivity index (χ0v) is 6.80. The Balaban J connectivity index is 2.90. The van der Waals surface area contributed by atoms with Gasteiger partial charge in [0.05, 0.1) is 11.9 Å². The second-order valence-electron chi connectivity index (χ2n) is 2.09. The Labute approximate surface area is 69.7 Å². The second-order valence-corrected chi connectivity index (χ2v) is 2.48. The lowest BCUT2D eigenvalue weighted by molar-refractivity contribution is -0.124. The van der Waals surface area contributed by atoms with Crippen LogP contribution in [0, 0.1) is 0 Å². The van der Waals surface area contributed by atoms with E-state index in [2.05, 4.69) is 11.6 Å². The maximum Gasteiger partial charge on any atom is 0.228 e. The van der Waals surface area contributed by atoms with Gasteiger partial charge in [-0.25, -0.2) is 4.99 Å². The molecular weight excluding hydrogens is 164 g/mol. The number of carbonyl (C=O) groups is 1. The minimum Gasteiger partial charge on any atom is -0.284 e. The van der Waals surface area contributed by atoms with Gasteiger partial charge in [0.15, 0.2) is 0 Å². The van der Waals surface area contributed by atoms with Crippen LogP contribution in [0.25, 0.3) is 0 Å². The monoisotopic (exact) mass is 170 g/mol.